The molecule has 3 nitrogen and oxygen atoms in total. The monoisotopic (exact) mass is 289 g/mol. The van der Waals surface area contributed by atoms with Crippen LogP contribution >= 0.6 is 0 Å². The summed E-state index contributed by atoms with van der Waals surface area (Å²) in [6, 6.07) is 6.74. The maximum Gasteiger partial charge on any atom is 0.0964 e. The Morgan fingerprint density at radius 1 is 1.33 bits per heavy atom. The molecule has 1 aromatic rings. The zero-order valence-corrected chi connectivity index (χ0v) is 13.5. The van der Waals surface area contributed by atoms with Gasteiger partial charge in [0.1, 0.15) is 0 Å². The highest BCUT2D eigenvalue weighted by molar-refractivity contribution is 5.30. The zero-order valence-electron chi connectivity index (χ0n) is 13.5. The van der Waals surface area contributed by atoms with Crippen LogP contribution in [-0.2, 0) is 16.0 Å². The van der Waals surface area contributed by atoms with Gasteiger partial charge < -0.3 is 9.47 Å². The van der Waals surface area contributed by atoms with E-state index in [0.717, 1.165) is 39.3 Å². The van der Waals surface area contributed by atoms with Crippen LogP contribution in [0.5, 0.6) is 0 Å². The van der Waals surface area contributed by atoms with Crippen LogP contribution in [0.4, 0.5) is 0 Å². The number of methoxy groups -OCH3 is 1. The van der Waals surface area contributed by atoms with Crippen molar-refractivity contribution in [2.75, 3.05) is 33.4 Å². The third kappa shape index (κ3) is 3.01. The molecule has 3 heteroatoms. The molecule has 0 unspecified atom stereocenters. The summed E-state index contributed by atoms with van der Waals surface area (Å²) < 4.78 is 11.4. The summed E-state index contributed by atoms with van der Waals surface area (Å²) in [4.78, 5) is 2.52. The van der Waals surface area contributed by atoms with Crippen molar-refractivity contribution >= 4 is 0 Å². The molecule has 0 bridgehead atoms. The molecule has 0 N–H and O–H groups in total. The van der Waals surface area contributed by atoms with Gasteiger partial charge in [-0.1, -0.05) is 23.8 Å². The predicted octanol–water partition coefficient (Wildman–Crippen LogP) is 2.93. The molecule has 1 atom stereocenters. The van der Waals surface area contributed by atoms with Gasteiger partial charge in [0.2, 0.25) is 0 Å². The van der Waals surface area contributed by atoms with E-state index in [0.29, 0.717) is 5.92 Å². The fraction of sp³-hybridized carbons (Fsp3) is 0.667. The van der Waals surface area contributed by atoms with Crippen LogP contribution in [0, 0.1) is 19.8 Å². The fourth-order valence-corrected chi connectivity index (χ4v) is 3.84. The molecule has 2 fully saturated rings. The molecular weight excluding hydrogens is 262 g/mol. The average Bonchev–Trinajstić information content (AvgIpc) is 2.84. The Labute approximate surface area is 128 Å². The normalized spacial score (nSPS) is 24.4. The number of likely N-dealkylation sites (tertiary alicyclic amines) is 1. The summed E-state index contributed by atoms with van der Waals surface area (Å²) in [5.74, 6) is 0.673. The lowest BCUT2D eigenvalue weighted by Gasteiger charge is -2.50. The maximum atomic E-state index is 6.11. The van der Waals surface area contributed by atoms with Crippen LogP contribution in [0.2, 0.25) is 0 Å². The maximum absolute atomic E-state index is 6.11. The van der Waals surface area contributed by atoms with Crippen LogP contribution in [-0.4, -0.2) is 43.9 Å². The highest BCUT2D eigenvalue weighted by Gasteiger charge is 2.52. The molecular formula is C18H27NO2. The standard InChI is InChI=1S/C18H27NO2/c1-14-4-5-15(2)16(10-14)11-19-12-18(13-19)17(6-8-20-3)7-9-21-18/h4-5,10,17H,6-9,11-13H2,1-3H3/t17-/m0/s1. The van der Waals surface area contributed by atoms with Crippen molar-refractivity contribution in [1.82, 2.24) is 4.90 Å². The lowest BCUT2D eigenvalue weighted by atomic mass is 9.79. The van der Waals surface area contributed by atoms with Crippen LogP contribution < -0.4 is 0 Å². The van der Waals surface area contributed by atoms with E-state index in [-0.39, 0.29) is 5.60 Å². The van der Waals surface area contributed by atoms with Gasteiger partial charge >= 0.3 is 0 Å². The summed E-state index contributed by atoms with van der Waals surface area (Å²) in [5.41, 5.74) is 4.32. The lowest BCUT2D eigenvalue weighted by Crippen LogP contribution is -2.64. The minimum absolute atomic E-state index is 0.121. The molecule has 1 aromatic carbocycles. The summed E-state index contributed by atoms with van der Waals surface area (Å²) in [6.45, 7) is 9.36. The SMILES string of the molecule is COCC[C@H]1CCOC12CN(Cc1cc(C)ccc1C)C2. The lowest BCUT2D eigenvalue weighted by molar-refractivity contribution is -0.138. The van der Waals surface area contributed by atoms with Gasteiger partial charge in [-0.05, 0) is 43.7 Å². The first-order chi connectivity index (χ1) is 10.1. The number of hydrogen-bond donors (Lipinski definition) is 0. The van der Waals surface area contributed by atoms with Gasteiger partial charge in [0.05, 0.1) is 5.60 Å². The summed E-state index contributed by atoms with van der Waals surface area (Å²) >= 11 is 0. The average molecular weight is 289 g/mol. The second kappa shape index (κ2) is 6.07. The Hall–Kier alpha value is -0.900. The van der Waals surface area contributed by atoms with Gasteiger partial charge in [0.15, 0.2) is 0 Å². The number of ether oxygens (including phenoxy) is 2. The minimum atomic E-state index is 0.121. The van der Waals surface area contributed by atoms with Gasteiger partial charge in [0, 0.05) is 40.0 Å². The molecule has 2 aliphatic rings. The van der Waals surface area contributed by atoms with Crippen molar-refractivity contribution in [2.24, 2.45) is 5.92 Å². The molecule has 0 saturated carbocycles. The molecule has 0 amide bonds. The quantitative estimate of drug-likeness (QED) is 0.832. The topological polar surface area (TPSA) is 21.7 Å². The minimum Gasteiger partial charge on any atom is -0.385 e. The van der Waals surface area contributed by atoms with E-state index in [1.165, 1.54) is 23.1 Å². The predicted molar refractivity (Wildman–Crippen MR) is 84.5 cm³/mol. The van der Waals surface area contributed by atoms with Gasteiger partial charge in [-0.15, -0.1) is 0 Å². The molecule has 2 saturated heterocycles. The largest absolute Gasteiger partial charge is 0.385 e. The van der Waals surface area contributed by atoms with Gasteiger partial charge in [0.25, 0.3) is 0 Å². The Morgan fingerprint density at radius 3 is 2.90 bits per heavy atom. The third-order valence-corrected chi connectivity index (χ3v) is 5.15. The number of hydrogen-bond acceptors (Lipinski definition) is 3. The first-order valence-electron chi connectivity index (χ1n) is 8.04. The molecule has 1 spiro atoms. The first-order valence-corrected chi connectivity index (χ1v) is 8.04. The smallest absolute Gasteiger partial charge is 0.0964 e. The van der Waals surface area contributed by atoms with Gasteiger partial charge in [-0.3, -0.25) is 4.90 Å². The van der Waals surface area contributed by atoms with Gasteiger partial charge in [-0.25, -0.2) is 0 Å². The Morgan fingerprint density at radius 2 is 2.14 bits per heavy atom. The van der Waals surface area contributed by atoms with Crippen LogP contribution in [0.15, 0.2) is 18.2 Å². The molecule has 116 valence electrons. The molecule has 3 rings (SSSR count). The van der Waals surface area contributed by atoms with E-state index in [1.54, 1.807) is 7.11 Å². The van der Waals surface area contributed by atoms with E-state index in [9.17, 15) is 0 Å². The second-order valence-electron chi connectivity index (χ2n) is 6.76. The summed E-state index contributed by atoms with van der Waals surface area (Å²) in [7, 11) is 1.79. The highest BCUT2D eigenvalue weighted by Crippen LogP contribution is 2.42. The number of aryl methyl sites for hydroxylation is 2. The van der Waals surface area contributed by atoms with E-state index in [2.05, 4.69) is 36.9 Å². The molecule has 0 aliphatic carbocycles. The van der Waals surface area contributed by atoms with Crippen molar-refractivity contribution in [2.45, 2.75) is 38.8 Å². The molecule has 0 aromatic heterocycles. The summed E-state index contributed by atoms with van der Waals surface area (Å²) in [6.07, 6.45) is 2.33. The van der Waals surface area contributed by atoms with Crippen molar-refractivity contribution < 1.29 is 9.47 Å². The molecule has 2 aliphatic heterocycles. The molecule has 21 heavy (non-hydrogen) atoms. The number of rotatable bonds is 5. The second-order valence-corrected chi connectivity index (χ2v) is 6.76. The van der Waals surface area contributed by atoms with Crippen LogP contribution in [0.25, 0.3) is 0 Å². The van der Waals surface area contributed by atoms with Crippen LogP contribution in [0.1, 0.15) is 29.5 Å². The zero-order chi connectivity index (χ0) is 14.9. The van der Waals surface area contributed by atoms with Crippen molar-refractivity contribution in [3.63, 3.8) is 0 Å². The Balaban J connectivity index is 1.58. The van der Waals surface area contributed by atoms with Gasteiger partial charge in [-0.2, -0.15) is 0 Å². The van der Waals surface area contributed by atoms with Crippen molar-refractivity contribution in [3.8, 4) is 0 Å². The molecule has 0 radical (unpaired) electrons. The van der Waals surface area contributed by atoms with E-state index in [4.69, 9.17) is 9.47 Å². The number of nitrogens with zero attached hydrogens (tertiary/aromatic N) is 1. The Kier molecular flexibility index (Phi) is 4.34. The first kappa shape index (κ1) is 15.0. The molecule has 2 heterocycles. The van der Waals surface area contributed by atoms with Crippen LogP contribution in [0.3, 0.4) is 0 Å². The van der Waals surface area contributed by atoms with E-state index >= 15 is 0 Å². The summed E-state index contributed by atoms with van der Waals surface area (Å²) in [5, 5.41) is 0. The van der Waals surface area contributed by atoms with E-state index < -0.39 is 0 Å². The van der Waals surface area contributed by atoms with Crippen molar-refractivity contribution in [3.05, 3.63) is 34.9 Å². The fourth-order valence-electron chi connectivity index (χ4n) is 3.84. The van der Waals surface area contributed by atoms with Crippen molar-refractivity contribution in [1.29, 1.82) is 0 Å². The third-order valence-electron chi connectivity index (χ3n) is 5.15. The van der Waals surface area contributed by atoms with E-state index in [1.807, 2.05) is 0 Å². The highest BCUT2D eigenvalue weighted by atomic mass is 16.5. The Bertz CT molecular complexity index is 494. The number of benzene rings is 1.